The van der Waals surface area contributed by atoms with Gasteiger partial charge in [-0.05, 0) is 28.6 Å². The fourth-order valence-corrected chi connectivity index (χ4v) is 2.13. The van der Waals surface area contributed by atoms with E-state index < -0.39 is 5.91 Å². The smallest absolute Gasteiger partial charge is 0.247 e. The van der Waals surface area contributed by atoms with Crippen molar-refractivity contribution in [1.82, 2.24) is 25.5 Å². The van der Waals surface area contributed by atoms with Crippen LogP contribution in [0.25, 0.3) is 16.6 Å². The van der Waals surface area contributed by atoms with E-state index >= 15 is 0 Å². The van der Waals surface area contributed by atoms with Gasteiger partial charge in [-0.3, -0.25) is 10.0 Å². The van der Waals surface area contributed by atoms with Crippen LogP contribution in [0.1, 0.15) is 5.56 Å². The van der Waals surface area contributed by atoms with Crippen LogP contribution in [-0.4, -0.2) is 31.2 Å². The topological polar surface area (TPSA) is 92.4 Å². The number of tetrazole rings is 1. The molecule has 7 nitrogen and oxygen atoms in total. The number of hydrogen-bond acceptors (Lipinski definition) is 5. The van der Waals surface area contributed by atoms with Gasteiger partial charge in [0.25, 0.3) is 0 Å². The molecule has 2 N–H and O–H groups in total. The lowest BCUT2D eigenvalue weighted by Gasteiger charge is -2.05. The highest BCUT2D eigenvalue weighted by atomic mass is 35.5. The van der Waals surface area contributed by atoms with Gasteiger partial charge in [0.2, 0.25) is 5.91 Å². The maximum Gasteiger partial charge on any atom is 0.247 e. The predicted octanol–water partition coefficient (Wildman–Crippen LogP) is 0.979. The standard InChI is InChI=1S/C11H8ClN5O2/c12-8-2-1-6-3-7(4-10(18)14-19)11-13-15-16-17(11)9(6)5-8/h1-3,5,19H,4H2,(H,14,18). The molecule has 0 saturated heterocycles. The average Bonchev–Trinajstić information content (AvgIpc) is 2.89. The first kappa shape index (κ1) is 11.8. The monoisotopic (exact) mass is 277 g/mol. The van der Waals surface area contributed by atoms with E-state index in [1.807, 2.05) is 6.07 Å². The van der Waals surface area contributed by atoms with Gasteiger partial charge in [-0.25, -0.2) is 5.48 Å². The molecule has 0 aliphatic carbocycles. The lowest BCUT2D eigenvalue weighted by molar-refractivity contribution is -0.128. The van der Waals surface area contributed by atoms with E-state index in [9.17, 15) is 4.79 Å². The molecular formula is C11H8ClN5O2. The molecule has 19 heavy (non-hydrogen) atoms. The maximum atomic E-state index is 11.3. The highest BCUT2D eigenvalue weighted by Crippen LogP contribution is 2.22. The molecule has 2 aromatic heterocycles. The molecule has 3 rings (SSSR count). The first-order valence-corrected chi connectivity index (χ1v) is 5.79. The summed E-state index contributed by atoms with van der Waals surface area (Å²) in [6.45, 7) is 0. The second kappa shape index (κ2) is 4.45. The normalized spacial score (nSPS) is 11.1. The van der Waals surface area contributed by atoms with Gasteiger partial charge in [0.05, 0.1) is 11.9 Å². The van der Waals surface area contributed by atoms with E-state index in [0.717, 1.165) is 10.9 Å². The summed E-state index contributed by atoms with van der Waals surface area (Å²) in [7, 11) is 0. The van der Waals surface area contributed by atoms with Crippen molar-refractivity contribution < 1.29 is 10.0 Å². The second-order valence-electron chi connectivity index (χ2n) is 4.00. The van der Waals surface area contributed by atoms with Gasteiger partial charge in [-0.1, -0.05) is 17.7 Å². The molecule has 0 atom stereocenters. The largest absolute Gasteiger partial charge is 0.289 e. The van der Waals surface area contributed by atoms with Crippen LogP contribution < -0.4 is 5.48 Å². The first-order chi connectivity index (χ1) is 9.19. The van der Waals surface area contributed by atoms with Crippen LogP contribution in [0.5, 0.6) is 0 Å². The van der Waals surface area contributed by atoms with Crippen LogP contribution in [0.2, 0.25) is 5.02 Å². The fraction of sp³-hybridized carbons (Fsp3) is 0.0909. The summed E-state index contributed by atoms with van der Waals surface area (Å²) < 4.78 is 1.52. The van der Waals surface area contributed by atoms with Crippen LogP contribution in [0.3, 0.4) is 0 Å². The van der Waals surface area contributed by atoms with Crippen molar-refractivity contribution >= 4 is 34.1 Å². The number of halogens is 1. The molecule has 0 aliphatic rings. The Morgan fingerprint density at radius 1 is 1.42 bits per heavy atom. The molecule has 96 valence electrons. The summed E-state index contributed by atoms with van der Waals surface area (Å²) in [4.78, 5) is 11.3. The number of hydrogen-bond donors (Lipinski definition) is 2. The molecule has 0 fully saturated rings. The van der Waals surface area contributed by atoms with Crippen LogP contribution in [-0.2, 0) is 11.2 Å². The summed E-state index contributed by atoms with van der Waals surface area (Å²) in [5.41, 5.74) is 3.41. The molecule has 1 aromatic carbocycles. The van der Waals surface area contributed by atoms with Gasteiger partial charge in [0.15, 0.2) is 5.65 Å². The SMILES string of the molecule is O=C(Cc1cc2ccc(Cl)cc2n2nnnc12)NO. The number of pyridine rings is 1. The van der Waals surface area contributed by atoms with E-state index in [0.29, 0.717) is 16.2 Å². The van der Waals surface area contributed by atoms with Crippen molar-refractivity contribution in [2.45, 2.75) is 6.42 Å². The van der Waals surface area contributed by atoms with Crippen molar-refractivity contribution in [3.63, 3.8) is 0 Å². The van der Waals surface area contributed by atoms with E-state index in [1.54, 1.807) is 23.7 Å². The van der Waals surface area contributed by atoms with Gasteiger partial charge in [-0.15, -0.1) is 5.10 Å². The minimum atomic E-state index is -0.529. The number of fused-ring (bicyclic) bond motifs is 3. The molecule has 0 bridgehead atoms. The van der Waals surface area contributed by atoms with Crippen molar-refractivity contribution in [1.29, 1.82) is 0 Å². The zero-order chi connectivity index (χ0) is 13.4. The minimum absolute atomic E-state index is 0.0149. The molecule has 2 heterocycles. The van der Waals surface area contributed by atoms with E-state index in [4.69, 9.17) is 16.8 Å². The Morgan fingerprint density at radius 3 is 3.05 bits per heavy atom. The number of carbonyl (C=O) groups is 1. The number of carbonyl (C=O) groups excluding carboxylic acids is 1. The van der Waals surface area contributed by atoms with Crippen molar-refractivity contribution in [3.05, 3.63) is 34.9 Å². The van der Waals surface area contributed by atoms with Crippen LogP contribution in [0.4, 0.5) is 0 Å². The fourth-order valence-electron chi connectivity index (χ4n) is 1.97. The summed E-state index contributed by atoms with van der Waals surface area (Å²) in [5, 5.41) is 21.4. The third-order valence-corrected chi connectivity index (χ3v) is 3.02. The number of aromatic nitrogens is 4. The van der Waals surface area contributed by atoms with Crippen molar-refractivity contribution in [3.8, 4) is 0 Å². The Bertz CT molecular complexity index is 785. The molecule has 0 radical (unpaired) electrons. The molecule has 1 amide bonds. The highest BCUT2D eigenvalue weighted by molar-refractivity contribution is 6.31. The Hall–Kier alpha value is -2.25. The van der Waals surface area contributed by atoms with E-state index in [2.05, 4.69) is 15.5 Å². The summed E-state index contributed by atoms with van der Waals surface area (Å²) >= 11 is 5.95. The Kier molecular flexibility index (Phi) is 2.77. The molecule has 0 unspecified atom stereocenters. The van der Waals surface area contributed by atoms with Crippen LogP contribution >= 0.6 is 11.6 Å². The Labute approximate surface area is 111 Å². The van der Waals surface area contributed by atoms with Crippen molar-refractivity contribution in [2.75, 3.05) is 0 Å². The lowest BCUT2D eigenvalue weighted by Crippen LogP contribution is -2.21. The predicted molar refractivity (Wildman–Crippen MR) is 66.9 cm³/mol. The third kappa shape index (κ3) is 1.98. The van der Waals surface area contributed by atoms with Gasteiger partial charge >= 0.3 is 0 Å². The molecule has 0 aliphatic heterocycles. The maximum absolute atomic E-state index is 11.3. The lowest BCUT2D eigenvalue weighted by atomic mass is 10.1. The Morgan fingerprint density at radius 2 is 2.26 bits per heavy atom. The highest BCUT2D eigenvalue weighted by Gasteiger charge is 2.13. The average molecular weight is 278 g/mol. The molecule has 0 spiro atoms. The zero-order valence-electron chi connectivity index (χ0n) is 9.54. The van der Waals surface area contributed by atoms with E-state index in [-0.39, 0.29) is 6.42 Å². The first-order valence-electron chi connectivity index (χ1n) is 5.41. The number of rotatable bonds is 2. The van der Waals surface area contributed by atoms with Gasteiger partial charge in [0, 0.05) is 16.0 Å². The van der Waals surface area contributed by atoms with Crippen LogP contribution in [0, 0.1) is 0 Å². The Balaban J connectivity index is 2.29. The second-order valence-corrected chi connectivity index (χ2v) is 4.44. The minimum Gasteiger partial charge on any atom is -0.289 e. The number of nitrogens with zero attached hydrogens (tertiary/aromatic N) is 4. The van der Waals surface area contributed by atoms with Crippen molar-refractivity contribution in [2.24, 2.45) is 0 Å². The van der Waals surface area contributed by atoms with E-state index in [1.165, 1.54) is 4.52 Å². The zero-order valence-corrected chi connectivity index (χ0v) is 10.3. The third-order valence-electron chi connectivity index (χ3n) is 2.78. The number of amides is 1. The van der Waals surface area contributed by atoms with Crippen LogP contribution in [0.15, 0.2) is 24.3 Å². The van der Waals surface area contributed by atoms with Gasteiger partial charge in [-0.2, -0.15) is 4.52 Å². The summed E-state index contributed by atoms with van der Waals surface area (Å²) in [5.74, 6) is -0.529. The van der Waals surface area contributed by atoms with Gasteiger partial charge in [0.1, 0.15) is 0 Å². The molecule has 3 aromatic rings. The summed E-state index contributed by atoms with van der Waals surface area (Å²) in [6.07, 6.45) is -0.0149. The number of hydroxylamine groups is 1. The quantitative estimate of drug-likeness (QED) is 0.538. The number of nitrogens with one attached hydrogen (secondary N) is 1. The molecular weight excluding hydrogens is 270 g/mol. The molecule has 0 saturated carbocycles. The number of benzene rings is 1. The summed E-state index contributed by atoms with van der Waals surface area (Å²) in [6, 6.07) is 7.11. The molecule has 8 heteroatoms. The van der Waals surface area contributed by atoms with Gasteiger partial charge < -0.3 is 0 Å².